The summed E-state index contributed by atoms with van der Waals surface area (Å²) in [6, 6.07) is 0. The molecule has 0 bridgehead atoms. The minimum Gasteiger partial charge on any atom is -0.481 e. The first kappa shape index (κ1) is 12.3. The predicted octanol–water partition coefficient (Wildman–Crippen LogP) is 0.141. The molecule has 11 heavy (non-hydrogen) atoms. The van der Waals surface area contributed by atoms with Crippen LogP contribution in [0.1, 0.15) is 20.3 Å². The molecule has 0 aliphatic rings. The third-order valence-electron chi connectivity index (χ3n) is 0.604. The molecule has 2 N–H and O–H groups in total. The molecular formula is C6H10O5. The van der Waals surface area contributed by atoms with Gasteiger partial charge in [0.25, 0.3) is 0 Å². The van der Waals surface area contributed by atoms with Gasteiger partial charge in [0, 0.05) is 13.3 Å². The van der Waals surface area contributed by atoms with Gasteiger partial charge in [-0.25, -0.2) is 4.79 Å². The van der Waals surface area contributed by atoms with Gasteiger partial charge in [0.05, 0.1) is 0 Å². The fraction of sp³-hybridized carbons (Fsp3) is 0.500. The Morgan fingerprint density at radius 1 is 1.18 bits per heavy atom. The minimum atomic E-state index is -1.38. The highest BCUT2D eigenvalue weighted by Gasteiger charge is 1.98. The molecular weight excluding hydrogens is 152 g/mol. The Morgan fingerprint density at radius 2 is 1.36 bits per heavy atom. The number of carbonyl (C=O) groups is 3. The Kier molecular flexibility index (Phi) is 7.52. The van der Waals surface area contributed by atoms with Crippen LogP contribution in [0.5, 0.6) is 0 Å². The van der Waals surface area contributed by atoms with Crippen LogP contribution in [-0.2, 0) is 14.4 Å². The minimum absolute atomic E-state index is 0.222. The second-order valence-corrected chi connectivity index (χ2v) is 1.61. The smallest absolute Gasteiger partial charge is 0.371 e. The first-order valence-electron chi connectivity index (χ1n) is 2.87. The van der Waals surface area contributed by atoms with E-state index in [4.69, 9.17) is 10.2 Å². The van der Waals surface area contributed by atoms with Gasteiger partial charge in [0.2, 0.25) is 5.78 Å². The monoisotopic (exact) mass is 162 g/mol. The summed E-state index contributed by atoms with van der Waals surface area (Å²) in [5, 5.41) is 15.4. The largest absolute Gasteiger partial charge is 0.481 e. The van der Waals surface area contributed by atoms with Crippen molar-refractivity contribution in [1.29, 1.82) is 0 Å². The van der Waals surface area contributed by atoms with Gasteiger partial charge in [-0.05, 0) is 0 Å². The molecule has 5 heteroatoms. The zero-order chi connectivity index (χ0) is 9.44. The van der Waals surface area contributed by atoms with Gasteiger partial charge in [-0.3, -0.25) is 9.59 Å². The molecule has 0 amide bonds. The molecule has 0 spiro atoms. The Hall–Kier alpha value is -1.39. The van der Waals surface area contributed by atoms with Crippen molar-refractivity contribution in [3.63, 3.8) is 0 Å². The average molecular weight is 162 g/mol. The lowest BCUT2D eigenvalue weighted by atomic mass is 10.5. The van der Waals surface area contributed by atoms with Gasteiger partial charge in [0.1, 0.15) is 0 Å². The highest BCUT2D eigenvalue weighted by atomic mass is 16.4. The molecule has 0 atom stereocenters. The average Bonchev–Trinajstić information content (AvgIpc) is 1.89. The van der Waals surface area contributed by atoms with Crippen LogP contribution in [0.25, 0.3) is 0 Å². The molecule has 0 unspecified atom stereocenters. The highest BCUT2D eigenvalue weighted by Crippen LogP contribution is 1.67. The molecule has 0 aliphatic heterocycles. The standard InChI is InChI=1S/C3H4O3.C3H6O2/c1-2(4)3(5)6;1-2-3(4)5/h1H3,(H,5,6);2H2,1H3,(H,4,5). The molecule has 0 aromatic carbocycles. The fourth-order valence-corrected chi connectivity index (χ4v) is 0. The lowest BCUT2D eigenvalue weighted by Gasteiger charge is -1.73. The van der Waals surface area contributed by atoms with Crippen molar-refractivity contribution in [3.05, 3.63) is 0 Å². The number of carboxylic acid groups (broad SMARTS) is 2. The second-order valence-electron chi connectivity index (χ2n) is 1.61. The quantitative estimate of drug-likeness (QED) is 0.563. The van der Waals surface area contributed by atoms with Crippen molar-refractivity contribution in [2.24, 2.45) is 0 Å². The molecule has 0 aliphatic carbocycles. The Bertz CT molecular complexity index is 148. The van der Waals surface area contributed by atoms with Crippen molar-refractivity contribution in [1.82, 2.24) is 0 Å². The molecule has 64 valence electrons. The van der Waals surface area contributed by atoms with E-state index in [1.54, 1.807) is 6.92 Å². The molecule has 0 aromatic rings. The van der Waals surface area contributed by atoms with Crippen molar-refractivity contribution in [3.8, 4) is 0 Å². The van der Waals surface area contributed by atoms with Gasteiger partial charge in [-0.15, -0.1) is 0 Å². The van der Waals surface area contributed by atoms with E-state index < -0.39 is 17.7 Å². The van der Waals surface area contributed by atoms with Gasteiger partial charge in [-0.1, -0.05) is 6.92 Å². The molecule has 5 nitrogen and oxygen atoms in total. The van der Waals surface area contributed by atoms with Gasteiger partial charge in [-0.2, -0.15) is 0 Å². The SMILES string of the molecule is CC(=O)C(=O)O.CCC(=O)O. The molecule has 0 rings (SSSR count). The van der Waals surface area contributed by atoms with E-state index >= 15 is 0 Å². The Morgan fingerprint density at radius 3 is 1.36 bits per heavy atom. The number of carboxylic acids is 2. The Balaban J connectivity index is 0. The van der Waals surface area contributed by atoms with E-state index in [1.807, 2.05) is 0 Å². The number of Topliss-reactive ketones (excluding diaryl/α,β-unsaturated/α-hetero) is 1. The third-order valence-corrected chi connectivity index (χ3v) is 0.604. The lowest BCUT2D eigenvalue weighted by molar-refractivity contribution is -0.148. The van der Waals surface area contributed by atoms with E-state index in [0.717, 1.165) is 6.92 Å². The molecule has 0 saturated heterocycles. The zero-order valence-electron chi connectivity index (χ0n) is 6.33. The normalized spacial score (nSPS) is 7.45. The van der Waals surface area contributed by atoms with E-state index in [0.29, 0.717) is 0 Å². The second kappa shape index (κ2) is 6.73. The number of hydrogen-bond donors (Lipinski definition) is 2. The molecule has 0 fully saturated rings. The summed E-state index contributed by atoms with van der Waals surface area (Å²) in [4.78, 5) is 28.3. The first-order valence-corrected chi connectivity index (χ1v) is 2.87. The van der Waals surface area contributed by atoms with Crippen LogP contribution in [0.15, 0.2) is 0 Å². The predicted molar refractivity (Wildman–Crippen MR) is 36.2 cm³/mol. The van der Waals surface area contributed by atoms with Crippen LogP contribution in [0.2, 0.25) is 0 Å². The van der Waals surface area contributed by atoms with E-state index in [-0.39, 0.29) is 6.42 Å². The Labute approximate surface area is 63.6 Å². The van der Waals surface area contributed by atoms with Crippen LogP contribution in [-0.4, -0.2) is 27.9 Å². The molecule has 0 radical (unpaired) electrons. The number of ketones is 1. The maximum atomic E-state index is 9.54. The van der Waals surface area contributed by atoms with Crippen molar-refractivity contribution < 1.29 is 24.6 Å². The lowest BCUT2D eigenvalue weighted by Crippen LogP contribution is -2.05. The molecule has 0 saturated carbocycles. The van der Waals surface area contributed by atoms with Crippen molar-refractivity contribution in [2.45, 2.75) is 20.3 Å². The summed E-state index contributed by atoms with van der Waals surface area (Å²) in [6.45, 7) is 2.60. The van der Waals surface area contributed by atoms with Crippen LogP contribution in [0, 0.1) is 0 Å². The van der Waals surface area contributed by atoms with E-state index in [2.05, 4.69) is 0 Å². The summed E-state index contributed by atoms with van der Waals surface area (Å²) in [5.74, 6) is -2.95. The molecule has 0 heterocycles. The first-order chi connectivity index (χ1) is 4.91. The molecule has 0 aromatic heterocycles. The summed E-state index contributed by atoms with van der Waals surface area (Å²) in [6.07, 6.45) is 0.222. The maximum Gasteiger partial charge on any atom is 0.371 e. The summed E-state index contributed by atoms with van der Waals surface area (Å²) < 4.78 is 0. The van der Waals surface area contributed by atoms with Crippen LogP contribution in [0.3, 0.4) is 0 Å². The van der Waals surface area contributed by atoms with Gasteiger partial charge in [0.15, 0.2) is 0 Å². The maximum absolute atomic E-state index is 9.54. The van der Waals surface area contributed by atoms with Crippen molar-refractivity contribution in [2.75, 3.05) is 0 Å². The number of rotatable bonds is 2. The number of carbonyl (C=O) groups excluding carboxylic acids is 1. The highest BCUT2D eigenvalue weighted by molar-refractivity contribution is 6.31. The van der Waals surface area contributed by atoms with Gasteiger partial charge >= 0.3 is 11.9 Å². The third kappa shape index (κ3) is 17.7. The summed E-state index contributed by atoms with van der Waals surface area (Å²) in [7, 11) is 0. The van der Waals surface area contributed by atoms with Crippen LogP contribution in [0.4, 0.5) is 0 Å². The zero-order valence-corrected chi connectivity index (χ0v) is 6.33. The van der Waals surface area contributed by atoms with E-state index in [9.17, 15) is 14.4 Å². The number of aliphatic carboxylic acids is 2. The van der Waals surface area contributed by atoms with Crippen LogP contribution >= 0.6 is 0 Å². The van der Waals surface area contributed by atoms with Crippen molar-refractivity contribution >= 4 is 17.7 Å². The fourth-order valence-electron chi connectivity index (χ4n) is 0. The summed E-state index contributed by atoms with van der Waals surface area (Å²) in [5.41, 5.74) is 0. The number of hydrogen-bond acceptors (Lipinski definition) is 3. The van der Waals surface area contributed by atoms with Crippen LogP contribution < -0.4 is 0 Å². The topological polar surface area (TPSA) is 91.7 Å². The van der Waals surface area contributed by atoms with E-state index in [1.165, 1.54) is 0 Å². The van der Waals surface area contributed by atoms with Gasteiger partial charge < -0.3 is 10.2 Å². The summed E-state index contributed by atoms with van der Waals surface area (Å²) >= 11 is 0.